The number of aromatic nitrogens is 1. The monoisotopic (exact) mass is 477 g/mol. The van der Waals surface area contributed by atoms with Crippen molar-refractivity contribution in [2.75, 3.05) is 38.0 Å². The molecule has 182 valence electrons. The summed E-state index contributed by atoms with van der Waals surface area (Å²) in [4.78, 5) is 41.4. The van der Waals surface area contributed by atoms with E-state index in [0.717, 1.165) is 5.69 Å². The van der Waals surface area contributed by atoms with Crippen LogP contribution in [0.5, 0.6) is 0 Å². The molecule has 9 heteroatoms. The molecule has 0 aliphatic carbocycles. The third kappa shape index (κ3) is 5.58. The average molecular weight is 478 g/mol. The molecule has 8 nitrogen and oxygen atoms in total. The van der Waals surface area contributed by atoms with E-state index in [-0.39, 0.29) is 36.3 Å². The number of benzene rings is 2. The van der Waals surface area contributed by atoms with Crippen LogP contribution in [0.15, 0.2) is 60.7 Å². The molecule has 2 aromatic carbocycles. The number of nitrogens with one attached hydrogen (secondary N) is 1. The molecule has 1 fully saturated rings. The highest BCUT2D eigenvalue weighted by molar-refractivity contribution is 6.01. The van der Waals surface area contributed by atoms with Gasteiger partial charge in [-0.2, -0.15) is 0 Å². The predicted octanol–water partition coefficient (Wildman–Crippen LogP) is 3.12. The maximum Gasteiger partial charge on any atom is 0.321 e. The number of para-hydroxylation sites is 1. The highest BCUT2D eigenvalue weighted by Crippen LogP contribution is 2.20. The Kier molecular flexibility index (Phi) is 7.26. The topological polar surface area (TPSA) is 101 Å². The van der Waals surface area contributed by atoms with Crippen molar-refractivity contribution in [3.05, 3.63) is 89.0 Å². The number of ketones is 1. The van der Waals surface area contributed by atoms with Crippen molar-refractivity contribution in [1.82, 2.24) is 14.4 Å². The number of urea groups is 1. The Morgan fingerprint density at radius 2 is 1.63 bits per heavy atom. The Morgan fingerprint density at radius 3 is 2.29 bits per heavy atom. The number of rotatable bonds is 7. The van der Waals surface area contributed by atoms with E-state index < -0.39 is 5.91 Å². The molecule has 0 atom stereocenters. The maximum absolute atomic E-state index is 14.3. The van der Waals surface area contributed by atoms with Gasteiger partial charge in [0, 0.05) is 43.1 Å². The van der Waals surface area contributed by atoms with Crippen LogP contribution in [-0.4, -0.2) is 64.8 Å². The standard InChI is InChI=1S/C26H28FN5O3/c1-18-21(25(28)34)15-23(32(18)16-19-7-5-6-10-22(19)27)24(33)17-30-11-13-31(14-12-30)26(35)29-20-8-3-2-4-9-20/h2-10,15H,11-14,16-17H2,1H3,(H2,28,34)(H,29,35). The van der Waals surface area contributed by atoms with Crippen LogP contribution >= 0.6 is 0 Å². The second kappa shape index (κ2) is 10.5. The lowest BCUT2D eigenvalue weighted by atomic mass is 10.2. The number of nitrogens with two attached hydrogens (primary N) is 1. The largest absolute Gasteiger partial charge is 0.366 e. The van der Waals surface area contributed by atoms with Gasteiger partial charge >= 0.3 is 6.03 Å². The number of carbonyl (C=O) groups is 3. The molecule has 0 radical (unpaired) electrons. The van der Waals surface area contributed by atoms with Crippen LogP contribution in [0.25, 0.3) is 0 Å². The lowest BCUT2D eigenvalue weighted by molar-refractivity contribution is 0.0874. The van der Waals surface area contributed by atoms with Gasteiger partial charge < -0.3 is 20.5 Å². The number of hydrogen-bond donors (Lipinski definition) is 2. The number of anilines is 1. The van der Waals surface area contributed by atoms with E-state index in [0.29, 0.717) is 43.1 Å². The van der Waals surface area contributed by atoms with Gasteiger partial charge in [0.25, 0.3) is 5.91 Å². The zero-order valence-corrected chi connectivity index (χ0v) is 19.5. The van der Waals surface area contributed by atoms with Gasteiger partial charge in [0.15, 0.2) is 5.78 Å². The molecule has 2 heterocycles. The van der Waals surface area contributed by atoms with Crippen LogP contribution in [0.1, 0.15) is 32.1 Å². The molecule has 35 heavy (non-hydrogen) atoms. The van der Waals surface area contributed by atoms with E-state index in [1.165, 1.54) is 12.1 Å². The molecule has 0 bridgehead atoms. The van der Waals surface area contributed by atoms with E-state index in [2.05, 4.69) is 5.32 Å². The molecule has 1 aliphatic rings. The number of hydrogen-bond acceptors (Lipinski definition) is 4. The molecule has 0 spiro atoms. The van der Waals surface area contributed by atoms with Gasteiger partial charge in [-0.25, -0.2) is 9.18 Å². The van der Waals surface area contributed by atoms with Gasteiger partial charge in [0.2, 0.25) is 0 Å². The first-order chi connectivity index (χ1) is 16.8. The molecule has 3 aromatic rings. The first-order valence-electron chi connectivity index (χ1n) is 11.4. The molecule has 1 aromatic heterocycles. The Morgan fingerprint density at radius 1 is 0.971 bits per heavy atom. The molecule has 0 unspecified atom stereocenters. The number of piperazine rings is 1. The number of carbonyl (C=O) groups excluding carboxylic acids is 3. The summed E-state index contributed by atoms with van der Waals surface area (Å²) in [5.74, 6) is -1.22. The second-order valence-corrected chi connectivity index (χ2v) is 8.55. The third-order valence-electron chi connectivity index (χ3n) is 6.26. The Balaban J connectivity index is 1.42. The highest BCUT2D eigenvalue weighted by Gasteiger charge is 2.26. The van der Waals surface area contributed by atoms with Crippen molar-refractivity contribution in [3.8, 4) is 0 Å². The van der Waals surface area contributed by atoms with Crippen LogP contribution in [-0.2, 0) is 6.54 Å². The van der Waals surface area contributed by atoms with Crippen molar-refractivity contribution in [2.24, 2.45) is 5.73 Å². The quantitative estimate of drug-likeness (QED) is 0.511. The zero-order chi connectivity index (χ0) is 24.9. The summed E-state index contributed by atoms with van der Waals surface area (Å²) in [7, 11) is 0. The minimum absolute atomic E-state index is 0.111. The number of primary amides is 1. The van der Waals surface area contributed by atoms with E-state index in [9.17, 15) is 18.8 Å². The second-order valence-electron chi connectivity index (χ2n) is 8.55. The van der Waals surface area contributed by atoms with Gasteiger partial charge in [-0.1, -0.05) is 36.4 Å². The summed E-state index contributed by atoms with van der Waals surface area (Å²) in [6.45, 7) is 3.95. The van der Waals surface area contributed by atoms with Crippen LogP contribution < -0.4 is 11.1 Å². The molecule has 3 N–H and O–H groups in total. The lowest BCUT2D eigenvalue weighted by Crippen LogP contribution is -2.51. The number of nitrogens with zero attached hydrogens (tertiary/aromatic N) is 3. The van der Waals surface area contributed by atoms with Crippen molar-refractivity contribution >= 4 is 23.4 Å². The maximum atomic E-state index is 14.3. The SMILES string of the molecule is Cc1c(C(N)=O)cc(C(=O)CN2CCN(C(=O)Nc3ccccc3)CC2)n1Cc1ccccc1F. The van der Waals surface area contributed by atoms with Crippen LogP contribution in [0.3, 0.4) is 0 Å². The van der Waals surface area contributed by atoms with E-state index in [1.54, 1.807) is 34.6 Å². The summed E-state index contributed by atoms with van der Waals surface area (Å²) in [6.07, 6.45) is 0. The van der Waals surface area contributed by atoms with Crippen molar-refractivity contribution in [3.63, 3.8) is 0 Å². The minimum Gasteiger partial charge on any atom is -0.366 e. The predicted molar refractivity (Wildman–Crippen MR) is 131 cm³/mol. The third-order valence-corrected chi connectivity index (χ3v) is 6.26. The summed E-state index contributed by atoms with van der Waals surface area (Å²) in [5.41, 5.74) is 7.72. The van der Waals surface area contributed by atoms with E-state index in [4.69, 9.17) is 5.73 Å². The molecular formula is C26H28FN5O3. The van der Waals surface area contributed by atoms with Gasteiger partial charge in [0.1, 0.15) is 5.82 Å². The fraction of sp³-hybridized carbons (Fsp3) is 0.269. The van der Waals surface area contributed by atoms with Crippen molar-refractivity contribution < 1.29 is 18.8 Å². The van der Waals surface area contributed by atoms with Crippen LogP contribution in [0.4, 0.5) is 14.9 Å². The van der Waals surface area contributed by atoms with E-state index >= 15 is 0 Å². The summed E-state index contributed by atoms with van der Waals surface area (Å²) < 4.78 is 15.9. The van der Waals surface area contributed by atoms with E-state index in [1.807, 2.05) is 35.2 Å². The fourth-order valence-corrected chi connectivity index (χ4v) is 4.24. The zero-order valence-electron chi connectivity index (χ0n) is 19.5. The van der Waals surface area contributed by atoms with Gasteiger partial charge in [0.05, 0.1) is 24.3 Å². The van der Waals surface area contributed by atoms with Gasteiger partial charge in [-0.05, 0) is 31.2 Å². The molecule has 1 saturated heterocycles. The van der Waals surface area contributed by atoms with Crippen LogP contribution in [0.2, 0.25) is 0 Å². The fourth-order valence-electron chi connectivity index (χ4n) is 4.24. The van der Waals surface area contributed by atoms with Crippen molar-refractivity contribution in [2.45, 2.75) is 13.5 Å². The Hall–Kier alpha value is -3.98. The molecule has 1 aliphatic heterocycles. The number of Topliss-reactive ketones (excluding diaryl/α,β-unsaturated/α-hetero) is 1. The summed E-state index contributed by atoms with van der Waals surface area (Å²) >= 11 is 0. The molecule has 4 rings (SSSR count). The molecule has 0 saturated carbocycles. The van der Waals surface area contributed by atoms with Gasteiger partial charge in [-0.3, -0.25) is 14.5 Å². The van der Waals surface area contributed by atoms with Gasteiger partial charge in [-0.15, -0.1) is 0 Å². The first-order valence-corrected chi connectivity index (χ1v) is 11.4. The first kappa shape index (κ1) is 24.2. The summed E-state index contributed by atoms with van der Waals surface area (Å²) in [5, 5.41) is 2.87. The number of amides is 3. The summed E-state index contributed by atoms with van der Waals surface area (Å²) in [6, 6.07) is 16.9. The van der Waals surface area contributed by atoms with Crippen LogP contribution in [0, 0.1) is 12.7 Å². The lowest BCUT2D eigenvalue weighted by Gasteiger charge is -2.34. The minimum atomic E-state index is -0.637. The Labute approximate surface area is 203 Å². The van der Waals surface area contributed by atoms with Crippen molar-refractivity contribution in [1.29, 1.82) is 0 Å². The Bertz CT molecular complexity index is 1230. The normalized spacial score (nSPS) is 14.1. The molecular weight excluding hydrogens is 449 g/mol. The smallest absolute Gasteiger partial charge is 0.321 e. The average Bonchev–Trinajstić information content (AvgIpc) is 3.18. The highest BCUT2D eigenvalue weighted by atomic mass is 19.1. The number of halogens is 1. The molecule has 3 amide bonds.